The van der Waals surface area contributed by atoms with E-state index in [0.717, 1.165) is 42.3 Å². The number of aliphatic hydroxyl groups excluding tert-OH is 1. The van der Waals surface area contributed by atoms with Crippen LogP contribution in [0.4, 0.5) is 5.69 Å². The van der Waals surface area contributed by atoms with Crippen LogP contribution in [-0.2, 0) is 0 Å². The Morgan fingerprint density at radius 1 is 1.15 bits per heavy atom. The molecule has 0 spiro atoms. The Bertz CT molecular complexity index is 660. The molecule has 2 aromatic rings. The highest BCUT2D eigenvalue weighted by molar-refractivity contribution is 5.97. The van der Waals surface area contributed by atoms with E-state index in [2.05, 4.69) is 11.4 Å². The molecule has 102 valence electrons. The Hall–Kier alpha value is -2.05. The van der Waals surface area contributed by atoms with Crippen molar-refractivity contribution in [3.63, 3.8) is 0 Å². The third-order valence-corrected chi connectivity index (χ3v) is 4.22. The Labute approximate surface area is 118 Å². The summed E-state index contributed by atoms with van der Waals surface area (Å²) in [7, 11) is 0. The molecule has 0 aromatic heterocycles. The number of aliphatic hydroxyl groups is 1. The van der Waals surface area contributed by atoms with Gasteiger partial charge in [-0.3, -0.25) is 0 Å². The molecule has 2 aromatic carbocycles. The molecule has 1 saturated carbocycles. The monoisotopic (exact) mass is 266 g/mol. The van der Waals surface area contributed by atoms with Gasteiger partial charge < -0.3 is 10.4 Å². The Kier molecular flexibility index (Phi) is 3.58. The van der Waals surface area contributed by atoms with E-state index in [4.69, 9.17) is 5.26 Å². The summed E-state index contributed by atoms with van der Waals surface area (Å²) < 4.78 is 0. The summed E-state index contributed by atoms with van der Waals surface area (Å²) in [6.07, 6.45) is 2.94. The first-order valence-electron chi connectivity index (χ1n) is 7.13. The minimum atomic E-state index is -0.174. The highest BCUT2D eigenvalue weighted by Crippen LogP contribution is 2.29. The summed E-state index contributed by atoms with van der Waals surface area (Å²) in [5.41, 5.74) is 1.74. The molecule has 1 fully saturated rings. The highest BCUT2D eigenvalue weighted by atomic mass is 16.3. The van der Waals surface area contributed by atoms with E-state index in [1.54, 1.807) is 0 Å². The van der Waals surface area contributed by atoms with Crippen LogP contribution in [0.3, 0.4) is 0 Å². The minimum Gasteiger partial charge on any atom is -0.393 e. The van der Waals surface area contributed by atoms with Crippen LogP contribution >= 0.6 is 0 Å². The molecule has 0 aliphatic heterocycles. The second-order valence-electron chi connectivity index (χ2n) is 5.46. The third kappa shape index (κ3) is 2.35. The first-order valence-corrected chi connectivity index (χ1v) is 7.13. The van der Waals surface area contributed by atoms with Gasteiger partial charge in [0.05, 0.1) is 17.7 Å². The Balaban J connectivity index is 1.87. The summed E-state index contributed by atoms with van der Waals surface area (Å²) in [5.74, 6) is 0.337. The molecule has 0 heterocycles. The van der Waals surface area contributed by atoms with Gasteiger partial charge in [0.15, 0.2) is 0 Å². The second kappa shape index (κ2) is 5.52. The molecule has 3 nitrogen and oxygen atoms in total. The summed E-state index contributed by atoms with van der Waals surface area (Å²) in [6.45, 7) is 0.789. The number of benzene rings is 2. The van der Waals surface area contributed by atoms with Gasteiger partial charge in [-0.25, -0.2) is 0 Å². The lowest BCUT2D eigenvalue weighted by atomic mass is 10.0. The van der Waals surface area contributed by atoms with Gasteiger partial charge in [-0.05, 0) is 25.0 Å². The van der Waals surface area contributed by atoms with Crippen LogP contribution in [-0.4, -0.2) is 17.8 Å². The van der Waals surface area contributed by atoms with Crippen molar-refractivity contribution < 1.29 is 5.11 Å². The van der Waals surface area contributed by atoms with Crippen molar-refractivity contribution in [2.45, 2.75) is 25.4 Å². The average molecular weight is 266 g/mol. The summed E-state index contributed by atoms with van der Waals surface area (Å²) in [5, 5.41) is 24.5. The van der Waals surface area contributed by atoms with E-state index in [1.807, 2.05) is 36.4 Å². The van der Waals surface area contributed by atoms with E-state index in [9.17, 15) is 5.11 Å². The minimum absolute atomic E-state index is 0.174. The predicted octanol–water partition coefficient (Wildman–Crippen LogP) is 3.28. The Morgan fingerprint density at radius 2 is 1.95 bits per heavy atom. The smallest absolute Gasteiger partial charge is 0.0998 e. The summed E-state index contributed by atoms with van der Waals surface area (Å²) >= 11 is 0. The molecular formula is C17H18N2O. The maximum atomic E-state index is 9.88. The first kappa shape index (κ1) is 13.0. The first-order chi connectivity index (χ1) is 9.79. The van der Waals surface area contributed by atoms with Crippen LogP contribution in [0.25, 0.3) is 10.8 Å². The number of nitrogens with zero attached hydrogens (tertiary/aromatic N) is 1. The zero-order valence-corrected chi connectivity index (χ0v) is 11.3. The van der Waals surface area contributed by atoms with Crippen LogP contribution in [0.2, 0.25) is 0 Å². The number of rotatable bonds is 3. The van der Waals surface area contributed by atoms with Gasteiger partial charge in [0, 0.05) is 28.9 Å². The molecule has 2 unspecified atom stereocenters. The third-order valence-electron chi connectivity index (χ3n) is 4.22. The van der Waals surface area contributed by atoms with Crippen molar-refractivity contribution in [2.75, 3.05) is 11.9 Å². The predicted molar refractivity (Wildman–Crippen MR) is 80.5 cm³/mol. The van der Waals surface area contributed by atoms with E-state index in [0.29, 0.717) is 11.5 Å². The molecule has 1 aliphatic rings. The number of hydrogen-bond acceptors (Lipinski definition) is 3. The maximum Gasteiger partial charge on any atom is 0.0998 e. The highest BCUT2D eigenvalue weighted by Gasteiger charge is 2.24. The number of hydrogen-bond donors (Lipinski definition) is 2. The molecule has 2 atom stereocenters. The molecule has 0 saturated heterocycles. The molecule has 1 aliphatic carbocycles. The quantitative estimate of drug-likeness (QED) is 0.896. The zero-order valence-electron chi connectivity index (χ0n) is 11.3. The summed E-state index contributed by atoms with van der Waals surface area (Å²) in [6, 6.07) is 14.0. The average Bonchev–Trinajstić information content (AvgIpc) is 2.90. The van der Waals surface area contributed by atoms with E-state index < -0.39 is 0 Å². The van der Waals surface area contributed by atoms with Crippen LogP contribution in [0, 0.1) is 17.2 Å². The SMILES string of the molecule is N#Cc1ccc(NCC2CCCC2O)c2ccccc12. The van der Waals surface area contributed by atoms with Crippen molar-refractivity contribution in [3.8, 4) is 6.07 Å². The topological polar surface area (TPSA) is 56.0 Å². The molecular weight excluding hydrogens is 248 g/mol. The van der Waals surface area contributed by atoms with Crippen LogP contribution in [0.5, 0.6) is 0 Å². The van der Waals surface area contributed by atoms with E-state index in [-0.39, 0.29) is 6.10 Å². The molecule has 3 rings (SSSR count). The van der Waals surface area contributed by atoms with Crippen LogP contribution in [0.15, 0.2) is 36.4 Å². The van der Waals surface area contributed by atoms with Crippen LogP contribution in [0.1, 0.15) is 24.8 Å². The number of nitriles is 1. The second-order valence-corrected chi connectivity index (χ2v) is 5.46. The van der Waals surface area contributed by atoms with Gasteiger partial charge >= 0.3 is 0 Å². The standard InChI is InChI=1S/C17H18N2O/c18-10-12-8-9-16(15-6-2-1-5-14(12)15)19-11-13-4-3-7-17(13)20/h1-2,5-6,8-9,13,17,19-20H,3-4,7,11H2. The van der Waals surface area contributed by atoms with Crippen molar-refractivity contribution in [1.82, 2.24) is 0 Å². The number of fused-ring (bicyclic) bond motifs is 1. The Morgan fingerprint density at radius 3 is 2.65 bits per heavy atom. The van der Waals surface area contributed by atoms with Gasteiger partial charge in [0.2, 0.25) is 0 Å². The van der Waals surface area contributed by atoms with Gasteiger partial charge in [0.1, 0.15) is 0 Å². The maximum absolute atomic E-state index is 9.88. The zero-order chi connectivity index (χ0) is 13.9. The van der Waals surface area contributed by atoms with Gasteiger partial charge in [-0.2, -0.15) is 5.26 Å². The molecule has 0 amide bonds. The summed E-state index contributed by atoms with van der Waals surface area (Å²) in [4.78, 5) is 0. The lowest BCUT2D eigenvalue weighted by Gasteiger charge is -2.17. The molecule has 2 N–H and O–H groups in total. The van der Waals surface area contributed by atoms with E-state index in [1.165, 1.54) is 0 Å². The van der Waals surface area contributed by atoms with Crippen molar-refractivity contribution in [2.24, 2.45) is 5.92 Å². The molecule has 0 bridgehead atoms. The fraction of sp³-hybridized carbons (Fsp3) is 0.353. The fourth-order valence-electron chi connectivity index (χ4n) is 3.05. The van der Waals surface area contributed by atoms with Crippen molar-refractivity contribution in [3.05, 3.63) is 42.0 Å². The van der Waals surface area contributed by atoms with Crippen LogP contribution < -0.4 is 5.32 Å². The molecule has 0 radical (unpaired) electrons. The number of anilines is 1. The van der Waals surface area contributed by atoms with Gasteiger partial charge in [-0.15, -0.1) is 0 Å². The fourth-order valence-corrected chi connectivity index (χ4v) is 3.05. The number of nitrogens with one attached hydrogen (secondary N) is 1. The molecule has 3 heteroatoms. The van der Waals surface area contributed by atoms with Crippen molar-refractivity contribution in [1.29, 1.82) is 5.26 Å². The van der Waals surface area contributed by atoms with Gasteiger partial charge in [0.25, 0.3) is 0 Å². The largest absolute Gasteiger partial charge is 0.393 e. The van der Waals surface area contributed by atoms with Gasteiger partial charge in [-0.1, -0.05) is 30.7 Å². The lowest BCUT2D eigenvalue weighted by Crippen LogP contribution is -2.21. The molecule has 20 heavy (non-hydrogen) atoms. The lowest BCUT2D eigenvalue weighted by molar-refractivity contribution is 0.138. The van der Waals surface area contributed by atoms with E-state index >= 15 is 0 Å². The normalized spacial score (nSPS) is 21.8. The van der Waals surface area contributed by atoms with Crippen molar-refractivity contribution >= 4 is 16.5 Å².